The smallest absolute Gasteiger partial charge is 0.341 e. The third kappa shape index (κ3) is 3.40. The number of nitrogens with zero attached hydrogens (tertiary/aromatic N) is 1. The standard InChI is InChI=1S/C12H11BrFNO3/c1-15(2)6-9(12(17)18)11(16)8-4-3-7(13)5-10(8)14/h3-6H,1-2H3,(H,17,18)/b9-6+. The molecule has 1 N–H and O–H groups in total. The Bertz CT molecular complexity index is 526. The summed E-state index contributed by atoms with van der Waals surface area (Å²) >= 11 is 3.06. The molecule has 0 spiro atoms. The first-order chi connectivity index (χ1) is 8.32. The summed E-state index contributed by atoms with van der Waals surface area (Å²) in [6.07, 6.45) is 1.14. The highest BCUT2D eigenvalue weighted by Crippen LogP contribution is 2.18. The van der Waals surface area contributed by atoms with E-state index >= 15 is 0 Å². The zero-order chi connectivity index (χ0) is 13.9. The van der Waals surface area contributed by atoms with Gasteiger partial charge in [-0.3, -0.25) is 4.79 Å². The van der Waals surface area contributed by atoms with E-state index in [4.69, 9.17) is 5.11 Å². The number of ketones is 1. The van der Waals surface area contributed by atoms with Crippen LogP contribution in [-0.2, 0) is 4.79 Å². The fourth-order valence-corrected chi connectivity index (χ4v) is 1.62. The van der Waals surface area contributed by atoms with Crippen molar-refractivity contribution in [3.63, 3.8) is 0 Å². The third-order valence-electron chi connectivity index (χ3n) is 2.04. The second-order valence-corrected chi connectivity index (χ2v) is 4.68. The molecule has 0 unspecified atom stereocenters. The van der Waals surface area contributed by atoms with Gasteiger partial charge in [0.25, 0.3) is 0 Å². The van der Waals surface area contributed by atoms with E-state index in [2.05, 4.69) is 15.9 Å². The molecule has 0 saturated carbocycles. The van der Waals surface area contributed by atoms with E-state index in [-0.39, 0.29) is 5.56 Å². The van der Waals surface area contributed by atoms with Gasteiger partial charge in [-0.2, -0.15) is 0 Å². The SMILES string of the molecule is CN(C)/C=C(/C(=O)O)C(=O)c1ccc(Br)cc1F. The van der Waals surface area contributed by atoms with Crippen LogP contribution in [0.15, 0.2) is 34.4 Å². The second kappa shape index (κ2) is 5.77. The molecule has 0 fully saturated rings. The molecule has 0 atom stereocenters. The molecule has 0 radical (unpaired) electrons. The molecule has 96 valence electrons. The topological polar surface area (TPSA) is 57.6 Å². The van der Waals surface area contributed by atoms with E-state index in [0.717, 1.165) is 12.3 Å². The number of carboxylic acid groups (broad SMARTS) is 1. The molecule has 1 rings (SSSR count). The fourth-order valence-electron chi connectivity index (χ4n) is 1.29. The molecule has 18 heavy (non-hydrogen) atoms. The minimum absolute atomic E-state index is 0.270. The lowest BCUT2D eigenvalue weighted by molar-refractivity contribution is -0.132. The van der Waals surface area contributed by atoms with Gasteiger partial charge in [-0.05, 0) is 18.2 Å². The predicted molar refractivity (Wildman–Crippen MR) is 67.8 cm³/mol. The Labute approximate surface area is 112 Å². The van der Waals surface area contributed by atoms with Crippen LogP contribution in [0.5, 0.6) is 0 Å². The first-order valence-corrected chi connectivity index (χ1v) is 5.73. The average molecular weight is 316 g/mol. The van der Waals surface area contributed by atoms with Gasteiger partial charge in [0, 0.05) is 24.8 Å². The minimum atomic E-state index is -1.39. The summed E-state index contributed by atoms with van der Waals surface area (Å²) in [5.41, 5.74) is -0.755. The minimum Gasteiger partial charge on any atom is -0.477 e. The molecular weight excluding hydrogens is 305 g/mol. The molecule has 0 aliphatic heterocycles. The maximum atomic E-state index is 13.6. The van der Waals surface area contributed by atoms with Crippen LogP contribution < -0.4 is 0 Å². The summed E-state index contributed by atoms with van der Waals surface area (Å²) in [5, 5.41) is 8.95. The summed E-state index contributed by atoms with van der Waals surface area (Å²) in [5.74, 6) is -3.02. The van der Waals surface area contributed by atoms with Crippen molar-refractivity contribution in [2.75, 3.05) is 14.1 Å². The maximum Gasteiger partial charge on any atom is 0.341 e. The summed E-state index contributed by atoms with van der Waals surface area (Å²) in [6.45, 7) is 0. The van der Waals surface area contributed by atoms with Gasteiger partial charge in [0.05, 0.1) is 5.56 Å². The molecule has 1 aromatic carbocycles. The van der Waals surface area contributed by atoms with Crippen LogP contribution in [0.3, 0.4) is 0 Å². The van der Waals surface area contributed by atoms with Crippen LogP contribution in [0.25, 0.3) is 0 Å². The summed E-state index contributed by atoms with van der Waals surface area (Å²) in [7, 11) is 3.16. The largest absolute Gasteiger partial charge is 0.477 e. The first-order valence-electron chi connectivity index (χ1n) is 4.94. The Morgan fingerprint density at radius 2 is 2.00 bits per heavy atom. The highest BCUT2D eigenvalue weighted by atomic mass is 79.9. The lowest BCUT2D eigenvalue weighted by Gasteiger charge is -2.08. The molecule has 0 aliphatic carbocycles. The van der Waals surface area contributed by atoms with Crippen molar-refractivity contribution in [2.45, 2.75) is 0 Å². The molecule has 0 bridgehead atoms. The number of rotatable bonds is 4. The van der Waals surface area contributed by atoms with Gasteiger partial charge >= 0.3 is 5.97 Å². The molecule has 0 aliphatic rings. The lowest BCUT2D eigenvalue weighted by atomic mass is 10.0. The van der Waals surface area contributed by atoms with E-state index in [9.17, 15) is 14.0 Å². The predicted octanol–water partition coefficient (Wildman–Crippen LogP) is 2.30. The van der Waals surface area contributed by atoms with Gasteiger partial charge in [-0.25, -0.2) is 9.18 Å². The van der Waals surface area contributed by atoms with Crippen molar-refractivity contribution >= 4 is 27.7 Å². The number of hydrogen-bond acceptors (Lipinski definition) is 3. The Morgan fingerprint density at radius 3 is 2.44 bits per heavy atom. The van der Waals surface area contributed by atoms with E-state index in [1.54, 1.807) is 14.1 Å². The molecular formula is C12H11BrFNO3. The number of hydrogen-bond donors (Lipinski definition) is 1. The van der Waals surface area contributed by atoms with Crippen molar-refractivity contribution in [1.29, 1.82) is 0 Å². The van der Waals surface area contributed by atoms with Crippen molar-refractivity contribution < 1.29 is 19.1 Å². The highest BCUT2D eigenvalue weighted by molar-refractivity contribution is 9.10. The second-order valence-electron chi connectivity index (χ2n) is 3.76. The van der Waals surface area contributed by atoms with Gasteiger partial charge in [-0.1, -0.05) is 15.9 Å². The molecule has 0 saturated heterocycles. The van der Waals surface area contributed by atoms with E-state index in [0.29, 0.717) is 4.47 Å². The Morgan fingerprint density at radius 1 is 1.39 bits per heavy atom. The Balaban J connectivity index is 3.23. The van der Waals surface area contributed by atoms with Crippen molar-refractivity contribution in [3.05, 3.63) is 45.8 Å². The quantitative estimate of drug-likeness (QED) is 0.401. The van der Waals surface area contributed by atoms with Crippen LogP contribution in [0, 0.1) is 5.82 Å². The maximum absolute atomic E-state index is 13.6. The van der Waals surface area contributed by atoms with Crippen LogP contribution >= 0.6 is 15.9 Å². The molecule has 4 nitrogen and oxygen atoms in total. The van der Waals surface area contributed by atoms with E-state index < -0.39 is 23.1 Å². The van der Waals surface area contributed by atoms with Gasteiger partial charge in [0.1, 0.15) is 11.4 Å². The number of aliphatic carboxylic acids is 1. The Kier molecular flexibility index (Phi) is 4.61. The van der Waals surface area contributed by atoms with Crippen LogP contribution in [0.2, 0.25) is 0 Å². The van der Waals surface area contributed by atoms with Crippen LogP contribution in [-0.4, -0.2) is 35.9 Å². The number of carbonyl (C=O) groups excluding carboxylic acids is 1. The molecule has 0 heterocycles. The van der Waals surface area contributed by atoms with Gasteiger partial charge in [-0.15, -0.1) is 0 Å². The molecule has 0 amide bonds. The summed E-state index contributed by atoms with van der Waals surface area (Å²) < 4.78 is 14.1. The summed E-state index contributed by atoms with van der Waals surface area (Å²) in [6, 6.07) is 3.84. The number of halogens is 2. The normalized spacial score (nSPS) is 11.2. The fraction of sp³-hybridized carbons (Fsp3) is 0.167. The number of benzene rings is 1. The van der Waals surface area contributed by atoms with Crippen molar-refractivity contribution in [1.82, 2.24) is 4.90 Å². The number of carbonyl (C=O) groups is 2. The summed E-state index contributed by atoms with van der Waals surface area (Å²) in [4.78, 5) is 24.3. The molecule has 0 aromatic heterocycles. The van der Waals surface area contributed by atoms with Gasteiger partial charge in [0.15, 0.2) is 0 Å². The zero-order valence-electron chi connectivity index (χ0n) is 9.78. The van der Waals surface area contributed by atoms with E-state index in [1.165, 1.54) is 17.0 Å². The van der Waals surface area contributed by atoms with Crippen molar-refractivity contribution in [2.24, 2.45) is 0 Å². The first kappa shape index (κ1) is 14.4. The number of carboxylic acids is 1. The monoisotopic (exact) mass is 315 g/mol. The van der Waals surface area contributed by atoms with Crippen LogP contribution in [0.1, 0.15) is 10.4 Å². The van der Waals surface area contributed by atoms with Gasteiger partial charge in [0.2, 0.25) is 5.78 Å². The third-order valence-corrected chi connectivity index (χ3v) is 2.53. The number of Topliss-reactive ketones (excluding diaryl/α,β-unsaturated/α-hetero) is 1. The van der Waals surface area contributed by atoms with Crippen LogP contribution in [0.4, 0.5) is 4.39 Å². The average Bonchev–Trinajstić information content (AvgIpc) is 2.24. The van der Waals surface area contributed by atoms with Crippen molar-refractivity contribution in [3.8, 4) is 0 Å². The lowest BCUT2D eigenvalue weighted by Crippen LogP contribution is -2.17. The van der Waals surface area contributed by atoms with Gasteiger partial charge < -0.3 is 10.0 Å². The molecule has 6 heteroatoms. The molecule has 1 aromatic rings. The van der Waals surface area contributed by atoms with E-state index in [1.807, 2.05) is 0 Å². The highest BCUT2D eigenvalue weighted by Gasteiger charge is 2.22. The Hall–Kier alpha value is -1.69. The zero-order valence-corrected chi connectivity index (χ0v) is 11.4.